The molecule has 0 bridgehead atoms. The maximum atomic E-state index is 11.0. The van der Waals surface area contributed by atoms with E-state index in [0.717, 1.165) is 42.7 Å². The molecule has 158 valence electrons. The fourth-order valence-corrected chi connectivity index (χ4v) is 4.71. The van der Waals surface area contributed by atoms with Gasteiger partial charge >= 0.3 is 0 Å². The standard InChI is InChI=1S/C25H35NO3/c1-5-6-7-9-18-15-21(28-13-8-10-23(26)27)24-19-14-17(2)11-12-20(19)25(3,4)29-22(24)16-18/h8,10,14-16,19-20H,5-7,9,11-13H2,1-4H3,(H2,26,27)/b10-8+/t19-,20-/m1/s1. The van der Waals surface area contributed by atoms with Crippen LogP contribution in [0.2, 0.25) is 0 Å². The van der Waals surface area contributed by atoms with E-state index in [-0.39, 0.29) is 5.60 Å². The fourth-order valence-electron chi connectivity index (χ4n) is 4.71. The van der Waals surface area contributed by atoms with Gasteiger partial charge in [-0.25, -0.2) is 0 Å². The Labute approximate surface area is 175 Å². The Morgan fingerprint density at radius 2 is 2.14 bits per heavy atom. The predicted octanol–water partition coefficient (Wildman–Crippen LogP) is 5.45. The highest BCUT2D eigenvalue weighted by molar-refractivity contribution is 5.85. The Balaban J connectivity index is 1.99. The normalized spacial score (nSPS) is 22.4. The zero-order chi connectivity index (χ0) is 21.0. The first kappa shape index (κ1) is 21.5. The Bertz CT molecular complexity index is 807. The summed E-state index contributed by atoms with van der Waals surface area (Å²) in [6.07, 6.45) is 12.3. The summed E-state index contributed by atoms with van der Waals surface area (Å²) < 4.78 is 12.7. The lowest BCUT2D eigenvalue weighted by Gasteiger charge is -2.46. The molecule has 0 saturated carbocycles. The van der Waals surface area contributed by atoms with Crippen LogP contribution >= 0.6 is 0 Å². The van der Waals surface area contributed by atoms with Crippen molar-refractivity contribution in [2.24, 2.45) is 11.7 Å². The molecule has 3 rings (SSSR count). The maximum absolute atomic E-state index is 11.0. The van der Waals surface area contributed by atoms with Crippen molar-refractivity contribution in [3.63, 3.8) is 0 Å². The third kappa shape index (κ3) is 5.04. The zero-order valence-electron chi connectivity index (χ0n) is 18.3. The molecule has 1 aliphatic heterocycles. The van der Waals surface area contributed by atoms with Gasteiger partial charge in [-0.15, -0.1) is 0 Å². The summed E-state index contributed by atoms with van der Waals surface area (Å²) >= 11 is 0. The minimum absolute atomic E-state index is 0.208. The molecule has 1 aromatic carbocycles. The van der Waals surface area contributed by atoms with Crippen LogP contribution in [0.25, 0.3) is 0 Å². The van der Waals surface area contributed by atoms with Gasteiger partial charge in [0, 0.05) is 23.5 Å². The van der Waals surface area contributed by atoms with Crippen LogP contribution in [0.4, 0.5) is 0 Å². The minimum atomic E-state index is -0.458. The average molecular weight is 398 g/mol. The summed E-state index contributed by atoms with van der Waals surface area (Å²) in [7, 11) is 0. The van der Waals surface area contributed by atoms with E-state index in [1.54, 1.807) is 6.08 Å². The minimum Gasteiger partial charge on any atom is -0.489 e. The smallest absolute Gasteiger partial charge is 0.241 e. The Hall–Kier alpha value is -2.23. The van der Waals surface area contributed by atoms with Crippen LogP contribution in [0.1, 0.15) is 76.8 Å². The van der Waals surface area contributed by atoms with Gasteiger partial charge in [-0.2, -0.15) is 0 Å². The Kier molecular flexibility index (Phi) is 6.71. The SMILES string of the molecule is CCCCCc1cc(OC/C=C/C(N)=O)c2c(c1)OC(C)(C)[C@@H]1CCC(C)=C[C@@H]21. The van der Waals surface area contributed by atoms with Gasteiger partial charge in [0.05, 0.1) is 0 Å². The van der Waals surface area contributed by atoms with Crippen molar-refractivity contribution in [2.45, 2.75) is 77.7 Å². The third-order valence-electron chi connectivity index (χ3n) is 6.20. The van der Waals surface area contributed by atoms with Crippen LogP contribution in [0.5, 0.6) is 11.5 Å². The number of hydrogen-bond donors (Lipinski definition) is 1. The van der Waals surface area contributed by atoms with Crippen molar-refractivity contribution in [2.75, 3.05) is 6.61 Å². The molecule has 0 aromatic heterocycles. The number of primary amides is 1. The lowest BCUT2D eigenvalue weighted by molar-refractivity contribution is -0.113. The largest absolute Gasteiger partial charge is 0.489 e. The van der Waals surface area contributed by atoms with Gasteiger partial charge in [0.15, 0.2) is 0 Å². The molecule has 2 N–H and O–H groups in total. The second-order valence-electron chi connectivity index (χ2n) is 8.97. The topological polar surface area (TPSA) is 61.5 Å². The number of rotatable bonds is 8. The molecule has 1 aromatic rings. The first-order chi connectivity index (χ1) is 13.8. The van der Waals surface area contributed by atoms with E-state index < -0.39 is 5.91 Å². The highest BCUT2D eigenvalue weighted by Crippen LogP contribution is 2.53. The van der Waals surface area contributed by atoms with E-state index in [0.29, 0.717) is 18.4 Å². The number of allylic oxidation sites excluding steroid dienone is 2. The van der Waals surface area contributed by atoms with Gasteiger partial charge in [-0.3, -0.25) is 4.79 Å². The maximum Gasteiger partial charge on any atom is 0.241 e. The van der Waals surface area contributed by atoms with Crippen LogP contribution in [-0.4, -0.2) is 18.1 Å². The molecule has 1 aliphatic carbocycles. The summed E-state index contributed by atoms with van der Waals surface area (Å²) in [6, 6.07) is 4.38. The number of aryl methyl sites for hydroxylation is 1. The van der Waals surface area contributed by atoms with Crippen LogP contribution in [0.15, 0.2) is 35.9 Å². The monoisotopic (exact) mass is 397 g/mol. The van der Waals surface area contributed by atoms with Gasteiger partial charge in [0.25, 0.3) is 0 Å². The third-order valence-corrected chi connectivity index (χ3v) is 6.20. The number of amides is 1. The number of unbranched alkanes of at least 4 members (excludes halogenated alkanes) is 2. The first-order valence-corrected chi connectivity index (χ1v) is 10.9. The number of benzene rings is 1. The molecular weight excluding hydrogens is 362 g/mol. The first-order valence-electron chi connectivity index (χ1n) is 10.9. The van der Waals surface area contributed by atoms with Crippen molar-refractivity contribution in [1.29, 1.82) is 0 Å². The molecule has 0 unspecified atom stereocenters. The average Bonchev–Trinajstić information content (AvgIpc) is 2.64. The van der Waals surface area contributed by atoms with Gasteiger partial charge in [0.1, 0.15) is 23.7 Å². The second kappa shape index (κ2) is 9.06. The zero-order valence-corrected chi connectivity index (χ0v) is 18.3. The second-order valence-corrected chi connectivity index (χ2v) is 8.97. The van der Waals surface area contributed by atoms with Crippen LogP contribution < -0.4 is 15.2 Å². The molecule has 2 aliphatic rings. The lowest BCUT2D eigenvalue weighted by Crippen LogP contribution is -2.45. The highest BCUT2D eigenvalue weighted by Gasteiger charge is 2.45. The van der Waals surface area contributed by atoms with Crippen LogP contribution in [-0.2, 0) is 11.2 Å². The number of hydrogen-bond acceptors (Lipinski definition) is 3. The number of nitrogens with two attached hydrogens (primary N) is 1. The summed E-state index contributed by atoms with van der Waals surface area (Å²) in [5.74, 6) is 2.08. The lowest BCUT2D eigenvalue weighted by atomic mass is 9.68. The molecule has 0 saturated heterocycles. The summed E-state index contributed by atoms with van der Waals surface area (Å²) in [6.45, 7) is 9.17. The summed E-state index contributed by atoms with van der Waals surface area (Å²) in [5.41, 5.74) is 8.82. The molecule has 0 fully saturated rings. The van der Waals surface area contributed by atoms with Crippen molar-refractivity contribution >= 4 is 5.91 Å². The molecule has 1 amide bonds. The molecule has 0 spiro atoms. The number of carbonyl (C=O) groups is 1. The van der Waals surface area contributed by atoms with E-state index in [1.807, 2.05) is 0 Å². The van der Waals surface area contributed by atoms with Crippen molar-refractivity contribution in [3.05, 3.63) is 47.1 Å². The Morgan fingerprint density at radius 3 is 2.86 bits per heavy atom. The van der Waals surface area contributed by atoms with Gasteiger partial charge in [0.2, 0.25) is 5.91 Å². The molecule has 29 heavy (non-hydrogen) atoms. The van der Waals surface area contributed by atoms with Gasteiger partial charge in [-0.1, -0.05) is 31.4 Å². The van der Waals surface area contributed by atoms with Gasteiger partial charge < -0.3 is 15.2 Å². The Morgan fingerprint density at radius 1 is 1.34 bits per heavy atom. The van der Waals surface area contributed by atoms with Crippen LogP contribution in [0, 0.1) is 5.92 Å². The van der Waals surface area contributed by atoms with Crippen molar-refractivity contribution < 1.29 is 14.3 Å². The van der Waals surface area contributed by atoms with Crippen molar-refractivity contribution in [1.82, 2.24) is 0 Å². The summed E-state index contributed by atoms with van der Waals surface area (Å²) in [4.78, 5) is 11.0. The van der Waals surface area contributed by atoms with E-state index in [1.165, 1.54) is 30.1 Å². The molecule has 4 nitrogen and oxygen atoms in total. The van der Waals surface area contributed by atoms with E-state index in [2.05, 4.69) is 45.9 Å². The highest BCUT2D eigenvalue weighted by atomic mass is 16.5. The molecule has 0 radical (unpaired) electrons. The number of ether oxygens (including phenoxy) is 2. The predicted molar refractivity (Wildman–Crippen MR) is 117 cm³/mol. The summed E-state index contributed by atoms with van der Waals surface area (Å²) in [5, 5.41) is 0. The fraction of sp³-hybridized carbons (Fsp3) is 0.560. The van der Waals surface area contributed by atoms with E-state index >= 15 is 0 Å². The molecule has 2 atom stereocenters. The number of fused-ring (bicyclic) bond motifs is 3. The molecule has 1 heterocycles. The van der Waals surface area contributed by atoms with Crippen LogP contribution in [0.3, 0.4) is 0 Å². The van der Waals surface area contributed by atoms with Gasteiger partial charge in [-0.05, 0) is 70.2 Å². The number of carbonyl (C=O) groups excluding carboxylic acids is 1. The molecule has 4 heteroatoms. The molecular formula is C25H35NO3. The van der Waals surface area contributed by atoms with E-state index in [4.69, 9.17) is 15.2 Å². The quantitative estimate of drug-likeness (QED) is 0.360. The van der Waals surface area contributed by atoms with Crippen molar-refractivity contribution in [3.8, 4) is 11.5 Å². The van der Waals surface area contributed by atoms with E-state index in [9.17, 15) is 4.79 Å².